The van der Waals surface area contributed by atoms with Crippen LogP contribution < -0.4 is 4.72 Å². The molecule has 20 heavy (non-hydrogen) atoms. The van der Waals surface area contributed by atoms with Crippen molar-refractivity contribution in [1.29, 1.82) is 0 Å². The molecule has 0 unspecified atom stereocenters. The lowest BCUT2D eigenvalue weighted by molar-refractivity contribution is 0.542. The van der Waals surface area contributed by atoms with Crippen molar-refractivity contribution in [2.45, 2.75) is 24.8 Å². The van der Waals surface area contributed by atoms with Crippen molar-refractivity contribution >= 4 is 26.0 Å². The summed E-state index contributed by atoms with van der Waals surface area (Å²) in [5.41, 5.74) is 0.719. The van der Waals surface area contributed by atoms with Crippen LogP contribution in [0, 0.1) is 6.92 Å². The zero-order valence-corrected chi connectivity index (χ0v) is 13.4. The maximum Gasteiger partial charge on any atom is 0.240 e. The molecule has 0 aliphatic rings. The van der Waals surface area contributed by atoms with E-state index in [1.165, 1.54) is 0 Å². The van der Waals surface area contributed by atoms with Crippen LogP contribution in [-0.4, -0.2) is 30.0 Å². The second-order valence-electron chi connectivity index (χ2n) is 4.33. The van der Waals surface area contributed by atoms with Crippen LogP contribution in [0.2, 0.25) is 0 Å². The van der Waals surface area contributed by atoms with E-state index in [2.05, 4.69) is 31.0 Å². The van der Waals surface area contributed by atoms with Crippen LogP contribution in [0.4, 0.5) is 0 Å². The average molecular weight is 359 g/mol. The molecule has 0 fully saturated rings. The Morgan fingerprint density at radius 2 is 2.20 bits per heavy atom. The van der Waals surface area contributed by atoms with Gasteiger partial charge in [0.2, 0.25) is 10.0 Å². The SMILES string of the molecule is Cc1ccc(Br)cc1S(=O)(=O)NCCCn1ccnn1. The third-order valence-electron chi connectivity index (χ3n) is 2.77. The molecule has 1 heterocycles. The zero-order valence-electron chi connectivity index (χ0n) is 11.0. The molecule has 1 aromatic carbocycles. The number of nitrogens with one attached hydrogen (secondary N) is 1. The maximum absolute atomic E-state index is 12.2. The summed E-state index contributed by atoms with van der Waals surface area (Å²) in [5.74, 6) is 0. The Labute approximate surface area is 126 Å². The van der Waals surface area contributed by atoms with Crippen LogP contribution in [0.25, 0.3) is 0 Å². The van der Waals surface area contributed by atoms with Gasteiger partial charge in [-0.1, -0.05) is 27.2 Å². The third kappa shape index (κ3) is 3.87. The number of benzene rings is 1. The standard InChI is InChI=1S/C12H15BrN4O2S/c1-10-3-4-11(13)9-12(10)20(18,19)15-5-2-7-17-8-6-14-16-17/h3-4,6,8-9,15H,2,5,7H2,1H3. The van der Waals surface area contributed by atoms with E-state index < -0.39 is 10.0 Å². The first-order chi connectivity index (χ1) is 9.49. The lowest BCUT2D eigenvalue weighted by Crippen LogP contribution is -2.26. The summed E-state index contributed by atoms with van der Waals surface area (Å²) in [5, 5.41) is 7.51. The molecular formula is C12H15BrN4O2S. The Bertz CT molecular complexity index is 671. The predicted octanol–water partition coefficient (Wildman–Crippen LogP) is 1.72. The summed E-state index contributed by atoms with van der Waals surface area (Å²) in [6.45, 7) is 2.75. The molecule has 0 aliphatic heterocycles. The molecule has 1 N–H and O–H groups in total. The largest absolute Gasteiger partial charge is 0.253 e. The molecule has 0 bridgehead atoms. The minimum absolute atomic E-state index is 0.299. The molecule has 0 atom stereocenters. The molecule has 2 aromatic rings. The molecule has 8 heteroatoms. The van der Waals surface area contributed by atoms with Crippen LogP contribution >= 0.6 is 15.9 Å². The summed E-state index contributed by atoms with van der Waals surface area (Å²) >= 11 is 3.29. The molecule has 108 valence electrons. The average Bonchev–Trinajstić information content (AvgIpc) is 2.90. The van der Waals surface area contributed by atoms with E-state index >= 15 is 0 Å². The van der Waals surface area contributed by atoms with Gasteiger partial charge >= 0.3 is 0 Å². The van der Waals surface area contributed by atoms with Crippen molar-refractivity contribution in [2.75, 3.05) is 6.54 Å². The van der Waals surface area contributed by atoms with Crippen LogP contribution in [0.15, 0.2) is 40.0 Å². The monoisotopic (exact) mass is 358 g/mol. The van der Waals surface area contributed by atoms with E-state index in [-0.39, 0.29) is 0 Å². The maximum atomic E-state index is 12.2. The second kappa shape index (κ2) is 6.47. The van der Waals surface area contributed by atoms with Gasteiger partial charge in [0, 0.05) is 23.8 Å². The van der Waals surface area contributed by atoms with Gasteiger partial charge < -0.3 is 0 Å². The van der Waals surface area contributed by atoms with E-state index in [1.54, 1.807) is 36.1 Å². The molecule has 6 nitrogen and oxygen atoms in total. The summed E-state index contributed by atoms with van der Waals surface area (Å²) < 4.78 is 29.4. The molecule has 0 aliphatic carbocycles. The lowest BCUT2D eigenvalue weighted by Gasteiger charge is -2.09. The number of rotatable bonds is 6. The summed E-state index contributed by atoms with van der Waals surface area (Å²) in [6.07, 6.45) is 3.98. The fraction of sp³-hybridized carbons (Fsp3) is 0.333. The van der Waals surface area contributed by atoms with Crippen LogP contribution in [0.1, 0.15) is 12.0 Å². The smallest absolute Gasteiger partial charge is 0.240 e. The summed E-state index contributed by atoms with van der Waals surface area (Å²) in [6, 6.07) is 5.20. The Kier molecular flexibility index (Phi) is 4.90. The van der Waals surface area contributed by atoms with E-state index in [0.717, 1.165) is 10.0 Å². The molecule has 0 radical (unpaired) electrons. The lowest BCUT2D eigenvalue weighted by atomic mass is 10.2. The molecule has 2 rings (SSSR count). The van der Waals surface area contributed by atoms with Gasteiger partial charge in [-0.05, 0) is 31.0 Å². The van der Waals surface area contributed by atoms with Crippen LogP contribution in [0.5, 0.6) is 0 Å². The van der Waals surface area contributed by atoms with Crippen molar-refractivity contribution < 1.29 is 8.42 Å². The summed E-state index contributed by atoms with van der Waals surface area (Å²) in [4.78, 5) is 0.299. The second-order valence-corrected chi connectivity index (χ2v) is 6.98. The molecule has 0 saturated heterocycles. The first kappa shape index (κ1) is 15.1. The zero-order chi connectivity index (χ0) is 14.6. The highest BCUT2D eigenvalue weighted by molar-refractivity contribution is 9.10. The topological polar surface area (TPSA) is 76.9 Å². The van der Waals surface area contributed by atoms with E-state index in [1.807, 2.05) is 6.07 Å². The number of nitrogens with zero attached hydrogens (tertiary/aromatic N) is 3. The highest BCUT2D eigenvalue weighted by Crippen LogP contribution is 2.20. The van der Waals surface area contributed by atoms with Crippen molar-refractivity contribution in [1.82, 2.24) is 19.7 Å². The minimum atomic E-state index is -3.48. The number of sulfonamides is 1. The van der Waals surface area contributed by atoms with Crippen molar-refractivity contribution in [2.24, 2.45) is 0 Å². The van der Waals surface area contributed by atoms with Gasteiger partial charge in [0.1, 0.15) is 0 Å². The molecule has 0 saturated carbocycles. The van der Waals surface area contributed by atoms with Gasteiger partial charge in [0.15, 0.2) is 0 Å². The highest BCUT2D eigenvalue weighted by Gasteiger charge is 2.16. The Morgan fingerprint density at radius 3 is 2.90 bits per heavy atom. The molecule has 1 aromatic heterocycles. The molecular weight excluding hydrogens is 344 g/mol. The minimum Gasteiger partial charge on any atom is -0.253 e. The first-order valence-corrected chi connectivity index (χ1v) is 8.36. The Balaban J connectivity index is 1.95. The number of aromatic nitrogens is 3. The fourth-order valence-corrected chi connectivity index (χ4v) is 3.60. The number of hydrogen-bond donors (Lipinski definition) is 1. The van der Waals surface area contributed by atoms with Gasteiger partial charge in [-0.3, -0.25) is 4.68 Å². The highest BCUT2D eigenvalue weighted by atomic mass is 79.9. The predicted molar refractivity (Wildman–Crippen MR) is 78.7 cm³/mol. The van der Waals surface area contributed by atoms with Gasteiger partial charge in [-0.2, -0.15) is 0 Å². The van der Waals surface area contributed by atoms with Gasteiger partial charge in [-0.25, -0.2) is 13.1 Å². The van der Waals surface area contributed by atoms with Crippen molar-refractivity contribution in [3.05, 3.63) is 40.6 Å². The third-order valence-corrected chi connectivity index (χ3v) is 4.86. The first-order valence-electron chi connectivity index (χ1n) is 6.09. The van der Waals surface area contributed by atoms with Gasteiger partial charge in [0.05, 0.1) is 11.1 Å². The number of aryl methyl sites for hydroxylation is 2. The fourth-order valence-electron chi connectivity index (χ4n) is 1.74. The quantitative estimate of drug-likeness (QED) is 0.797. The van der Waals surface area contributed by atoms with E-state index in [9.17, 15) is 8.42 Å². The number of halogens is 1. The Hall–Kier alpha value is -1.25. The molecule has 0 amide bonds. The van der Waals surface area contributed by atoms with E-state index in [4.69, 9.17) is 0 Å². The van der Waals surface area contributed by atoms with Gasteiger partial charge in [0.25, 0.3) is 0 Å². The normalized spacial score (nSPS) is 11.7. The van der Waals surface area contributed by atoms with Crippen LogP contribution in [0.3, 0.4) is 0 Å². The Morgan fingerprint density at radius 1 is 1.40 bits per heavy atom. The van der Waals surface area contributed by atoms with Crippen molar-refractivity contribution in [3.8, 4) is 0 Å². The van der Waals surface area contributed by atoms with Crippen LogP contribution in [-0.2, 0) is 16.6 Å². The van der Waals surface area contributed by atoms with Crippen molar-refractivity contribution in [3.63, 3.8) is 0 Å². The van der Waals surface area contributed by atoms with Gasteiger partial charge in [-0.15, -0.1) is 5.10 Å². The molecule has 0 spiro atoms. The number of hydrogen-bond acceptors (Lipinski definition) is 4. The van der Waals surface area contributed by atoms with E-state index in [0.29, 0.717) is 24.4 Å². The summed E-state index contributed by atoms with van der Waals surface area (Å²) in [7, 11) is -3.48.